The van der Waals surface area contributed by atoms with E-state index in [4.69, 9.17) is 11.6 Å². The number of rotatable bonds is 3. The average molecular weight is 294 g/mol. The summed E-state index contributed by atoms with van der Waals surface area (Å²) in [5, 5.41) is 12.4. The second-order valence-electron chi connectivity index (χ2n) is 4.41. The summed E-state index contributed by atoms with van der Waals surface area (Å²) in [6, 6.07) is 9.72. The minimum atomic E-state index is -0.400. The van der Waals surface area contributed by atoms with Crippen LogP contribution in [0.5, 0.6) is 5.75 Å². The first-order valence-corrected chi connectivity index (χ1v) is 6.40. The van der Waals surface area contributed by atoms with Crippen LogP contribution in [0.2, 0.25) is 5.02 Å². The molecule has 2 rings (SSSR count). The highest BCUT2D eigenvalue weighted by molar-refractivity contribution is 6.33. The molecule has 1 unspecified atom stereocenters. The SMILES string of the molecule is CC(NC(=O)c1cc(O)ccc1Cl)c1ccc(F)cc1. The molecule has 0 heterocycles. The van der Waals surface area contributed by atoms with Crippen LogP contribution in [0.15, 0.2) is 42.5 Å². The third-order valence-electron chi connectivity index (χ3n) is 2.91. The van der Waals surface area contributed by atoms with Gasteiger partial charge in [0.15, 0.2) is 0 Å². The highest BCUT2D eigenvalue weighted by Gasteiger charge is 2.15. The molecule has 1 atom stereocenters. The number of phenolic OH excluding ortho intramolecular Hbond substituents is 1. The Morgan fingerprint density at radius 3 is 2.55 bits per heavy atom. The molecule has 0 spiro atoms. The Morgan fingerprint density at radius 2 is 1.90 bits per heavy atom. The molecule has 2 N–H and O–H groups in total. The summed E-state index contributed by atoms with van der Waals surface area (Å²) in [5.41, 5.74) is 0.969. The fourth-order valence-electron chi connectivity index (χ4n) is 1.80. The van der Waals surface area contributed by atoms with E-state index in [0.717, 1.165) is 5.56 Å². The van der Waals surface area contributed by atoms with E-state index in [2.05, 4.69) is 5.32 Å². The van der Waals surface area contributed by atoms with E-state index >= 15 is 0 Å². The Hall–Kier alpha value is -2.07. The summed E-state index contributed by atoms with van der Waals surface area (Å²) in [6.45, 7) is 1.78. The van der Waals surface area contributed by atoms with Gasteiger partial charge in [0.25, 0.3) is 5.91 Å². The Labute approximate surface area is 121 Å². The Bertz CT molecular complexity index is 628. The molecule has 0 radical (unpaired) electrons. The summed E-state index contributed by atoms with van der Waals surface area (Å²) in [5.74, 6) is -0.764. The molecule has 5 heteroatoms. The van der Waals surface area contributed by atoms with E-state index in [1.165, 1.54) is 30.3 Å². The first-order chi connectivity index (χ1) is 9.47. The maximum Gasteiger partial charge on any atom is 0.253 e. The van der Waals surface area contributed by atoms with Crippen molar-refractivity contribution in [2.24, 2.45) is 0 Å². The largest absolute Gasteiger partial charge is 0.508 e. The number of phenols is 1. The van der Waals surface area contributed by atoms with Gasteiger partial charge in [-0.1, -0.05) is 23.7 Å². The van der Waals surface area contributed by atoms with E-state index in [1.54, 1.807) is 19.1 Å². The molecule has 0 aliphatic heterocycles. The van der Waals surface area contributed by atoms with Gasteiger partial charge in [0.1, 0.15) is 11.6 Å². The zero-order valence-electron chi connectivity index (χ0n) is 10.7. The van der Waals surface area contributed by atoms with Crippen molar-refractivity contribution in [2.45, 2.75) is 13.0 Å². The third-order valence-corrected chi connectivity index (χ3v) is 3.24. The maximum absolute atomic E-state index is 12.8. The number of halogens is 2. The summed E-state index contributed by atoms with van der Waals surface area (Å²) >= 11 is 5.92. The van der Waals surface area contributed by atoms with Gasteiger partial charge in [-0.05, 0) is 42.8 Å². The van der Waals surface area contributed by atoms with Gasteiger partial charge < -0.3 is 10.4 Å². The van der Waals surface area contributed by atoms with Crippen molar-refractivity contribution < 1.29 is 14.3 Å². The van der Waals surface area contributed by atoms with Crippen LogP contribution < -0.4 is 5.32 Å². The summed E-state index contributed by atoms with van der Waals surface area (Å²) in [6.07, 6.45) is 0. The van der Waals surface area contributed by atoms with E-state index in [1.807, 2.05) is 0 Å². The molecule has 0 saturated carbocycles. The second-order valence-corrected chi connectivity index (χ2v) is 4.82. The second kappa shape index (κ2) is 5.92. The Balaban J connectivity index is 2.15. The minimum absolute atomic E-state index is 0.0333. The van der Waals surface area contributed by atoms with Crippen molar-refractivity contribution in [1.82, 2.24) is 5.32 Å². The molecule has 3 nitrogen and oxygen atoms in total. The van der Waals surface area contributed by atoms with Crippen LogP contribution >= 0.6 is 11.6 Å². The zero-order chi connectivity index (χ0) is 14.7. The lowest BCUT2D eigenvalue weighted by molar-refractivity contribution is 0.0939. The molecular weight excluding hydrogens is 281 g/mol. The van der Waals surface area contributed by atoms with Gasteiger partial charge >= 0.3 is 0 Å². The van der Waals surface area contributed by atoms with Gasteiger partial charge in [-0.25, -0.2) is 4.39 Å². The normalized spacial score (nSPS) is 11.9. The van der Waals surface area contributed by atoms with Crippen molar-refractivity contribution in [2.75, 3.05) is 0 Å². The van der Waals surface area contributed by atoms with Gasteiger partial charge in [-0.3, -0.25) is 4.79 Å². The van der Waals surface area contributed by atoms with Gasteiger partial charge in [0, 0.05) is 0 Å². The average Bonchev–Trinajstić information content (AvgIpc) is 2.42. The number of aromatic hydroxyl groups is 1. The number of carbonyl (C=O) groups is 1. The van der Waals surface area contributed by atoms with Crippen molar-refractivity contribution >= 4 is 17.5 Å². The van der Waals surface area contributed by atoms with E-state index in [0.29, 0.717) is 0 Å². The number of hydrogen-bond acceptors (Lipinski definition) is 2. The third kappa shape index (κ3) is 3.27. The van der Waals surface area contributed by atoms with E-state index in [9.17, 15) is 14.3 Å². The summed E-state index contributed by atoms with van der Waals surface area (Å²) in [7, 11) is 0. The maximum atomic E-state index is 12.8. The van der Waals surface area contributed by atoms with Crippen LogP contribution in [0.3, 0.4) is 0 Å². The van der Waals surface area contributed by atoms with Gasteiger partial charge in [-0.15, -0.1) is 0 Å². The van der Waals surface area contributed by atoms with Crippen molar-refractivity contribution in [3.63, 3.8) is 0 Å². The van der Waals surface area contributed by atoms with Gasteiger partial charge in [0.2, 0.25) is 0 Å². The monoisotopic (exact) mass is 293 g/mol. The minimum Gasteiger partial charge on any atom is -0.508 e. The fraction of sp³-hybridized carbons (Fsp3) is 0.133. The number of amides is 1. The number of carbonyl (C=O) groups excluding carboxylic acids is 1. The van der Waals surface area contributed by atoms with E-state index < -0.39 is 5.91 Å². The predicted octanol–water partition coefficient (Wildman–Crippen LogP) is 3.68. The lowest BCUT2D eigenvalue weighted by Gasteiger charge is -2.15. The molecule has 0 fully saturated rings. The first-order valence-electron chi connectivity index (χ1n) is 6.02. The lowest BCUT2D eigenvalue weighted by Crippen LogP contribution is -2.26. The van der Waals surface area contributed by atoms with Gasteiger partial charge in [-0.2, -0.15) is 0 Å². The molecule has 0 aromatic heterocycles. The molecule has 0 bridgehead atoms. The quantitative estimate of drug-likeness (QED) is 0.907. The number of benzene rings is 2. The van der Waals surface area contributed by atoms with Crippen LogP contribution in [0.25, 0.3) is 0 Å². The van der Waals surface area contributed by atoms with Crippen molar-refractivity contribution in [3.8, 4) is 5.75 Å². The van der Waals surface area contributed by atoms with Crippen LogP contribution in [0.4, 0.5) is 4.39 Å². The molecule has 0 aliphatic carbocycles. The van der Waals surface area contributed by atoms with Crippen LogP contribution in [0, 0.1) is 5.82 Å². The molecule has 2 aromatic carbocycles. The van der Waals surface area contributed by atoms with Crippen molar-refractivity contribution in [1.29, 1.82) is 0 Å². The Morgan fingerprint density at radius 1 is 1.25 bits per heavy atom. The number of nitrogens with one attached hydrogen (secondary N) is 1. The molecule has 0 aliphatic rings. The fourth-order valence-corrected chi connectivity index (χ4v) is 2.00. The smallest absolute Gasteiger partial charge is 0.253 e. The van der Waals surface area contributed by atoms with Crippen LogP contribution in [-0.4, -0.2) is 11.0 Å². The highest BCUT2D eigenvalue weighted by atomic mass is 35.5. The highest BCUT2D eigenvalue weighted by Crippen LogP contribution is 2.22. The molecule has 2 aromatic rings. The lowest BCUT2D eigenvalue weighted by atomic mass is 10.1. The number of hydrogen-bond donors (Lipinski definition) is 2. The molecule has 20 heavy (non-hydrogen) atoms. The first kappa shape index (κ1) is 14.3. The van der Waals surface area contributed by atoms with Crippen LogP contribution in [0.1, 0.15) is 28.9 Å². The molecule has 104 valence electrons. The Kier molecular flexibility index (Phi) is 4.25. The van der Waals surface area contributed by atoms with E-state index in [-0.39, 0.29) is 28.2 Å². The molecule has 0 saturated heterocycles. The predicted molar refractivity (Wildman–Crippen MR) is 75.4 cm³/mol. The zero-order valence-corrected chi connectivity index (χ0v) is 11.5. The summed E-state index contributed by atoms with van der Waals surface area (Å²) < 4.78 is 12.8. The summed E-state index contributed by atoms with van der Waals surface area (Å²) in [4.78, 5) is 12.1. The topological polar surface area (TPSA) is 49.3 Å². The molecular formula is C15H13ClFNO2. The molecule has 1 amide bonds. The van der Waals surface area contributed by atoms with Crippen molar-refractivity contribution in [3.05, 3.63) is 64.4 Å². The van der Waals surface area contributed by atoms with Gasteiger partial charge in [0.05, 0.1) is 16.6 Å². The van der Waals surface area contributed by atoms with Crippen LogP contribution in [-0.2, 0) is 0 Å². The standard InChI is InChI=1S/C15H13ClFNO2/c1-9(10-2-4-11(17)5-3-10)18-15(20)13-8-12(19)6-7-14(13)16/h2-9,19H,1H3,(H,18,20).